The topological polar surface area (TPSA) is 73.9 Å². The summed E-state index contributed by atoms with van der Waals surface area (Å²) in [5.41, 5.74) is 1.44. The summed E-state index contributed by atoms with van der Waals surface area (Å²) in [5.74, 6) is 0.687. The van der Waals surface area contributed by atoms with Crippen LogP contribution in [0.25, 0.3) is 0 Å². The van der Waals surface area contributed by atoms with Gasteiger partial charge in [-0.1, -0.05) is 12.1 Å². The molecule has 2 aromatic rings. The molecule has 6 nitrogen and oxygen atoms in total. The van der Waals surface area contributed by atoms with Crippen LogP contribution in [-0.2, 0) is 32.6 Å². The van der Waals surface area contributed by atoms with Gasteiger partial charge in [0.1, 0.15) is 16.8 Å². The zero-order valence-electron chi connectivity index (χ0n) is 12.9. The lowest BCUT2D eigenvalue weighted by Gasteiger charge is -2.09. The third-order valence-corrected chi connectivity index (χ3v) is 5.98. The molecule has 0 saturated carbocycles. The summed E-state index contributed by atoms with van der Waals surface area (Å²) in [6, 6.07) is 8.99. The molecule has 0 aliphatic carbocycles. The fourth-order valence-electron chi connectivity index (χ4n) is 1.93. The minimum Gasteiger partial charge on any atom is -0.497 e. The van der Waals surface area contributed by atoms with Gasteiger partial charge in [0.15, 0.2) is 0 Å². The molecule has 0 aliphatic rings. The third kappa shape index (κ3) is 5.02. The number of rotatable bonds is 9. The van der Waals surface area contributed by atoms with Gasteiger partial charge in [-0.25, -0.2) is 13.1 Å². The Morgan fingerprint density at radius 3 is 2.78 bits per heavy atom. The van der Waals surface area contributed by atoms with Crippen LogP contribution in [0.3, 0.4) is 0 Å². The highest BCUT2D eigenvalue weighted by atomic mass is 32.2. The fraction of sp³-hybridized carbons (Fsp3) is 0.333. The van der Waals surface area contributed by atoms with E-state index in [0.29, 0.717) is 11.3 Å². The van der Waals surface area contributed by atoms with Crippen molar-refractivity contribution in [2.45, 2.75) is 17.4 Å². The summed E-state index contributed by atoms with van der Waals surface area (Å²) in [4.78, 5) is 0. The number of methoxy groups -OCH3 is 2. The SMILES string of the molecule is COCOCc1ccsc1S(=O)(=O)NCc1cccc(OC)c1. The summed E-state index contributed by atoms with van der Waals surface area (Å²) in [7, 11) is -0.510. The van der Waals surface area contributed by atoms with E-state index >= 15 is 0 Å². The molecule has 0 saturated heterocycles. The van der Waals surface area contributed by atoms with Crippen LogP contribution < -0.4 is 9.46 Å². The molecular weight excluding hydrogens is 338 g/mol. The van der Waals surface area contributed by atoms with Gasteiger partial charge in [0, 0.05) is 19.2 Å². The lowest BCUT2D eigenvalue weighted by atomic mass is 10.2. The van der Waals surface area contributed by atoms with E-state index in [1.165, 1.54) is 7.11 Å². The lowest BCUT2D eigenvalue weighted by molar-refractivity contribution is -0.0395. The van der Waals surface area contributed by atoms with E-state index in [4.69, 9.17) is 14.2 Å². The Morgan fingerprint density at radius 2 is 2.04 bits per heavy atom. The largest absolute Gasteiger partial charge is 0.497 e. The lowest BCUT2D eigenvalue weighted by Crippen LogP contribution is -2.23. The Kier molecular flexibility index (Phi) is 6.55. The van der Waals surface area contributed by atoms with Crippen LogP contribution in [0, 0.1) is 0 Å². The second kappa shape index (κ2) is 8.42. The molecule has 23 heavy (non-hydrogen) atoms. The highest BCUT2D eigenvalue weighted by Crippen LogP contribution is 2.24. The molecule has 0 atom stereocenters. The van der Waals surface area contributed by atoms with E-state index in [-0.39, 0.29) is 24.2 Å². The first-order chi connectivity index (χ1) is 11.1. The number of nitrogens with one attached hydrogen (secondary N) is 1. The number of benzene rings is 1. The standard InChI is InChI=1S/C15H19NO5S2/c1-19-11-21-10-13-6-7-22-15(13)23(17,18)16-9-12-4-3-5-14(8-12)20-2/h3-8,16H,9-11H2,1-2H3. The average Bonchev–Trinajstić information content (AvgIpc) is 3.03. The first-order valence-electron chi connectivity index (χ1n) is 6.82. The van der Waals surface area contributed by atoms with Crippen molar-refractivity contribution in [3.8, 4) is 5.75 Å². The van der Waals surface area contributed by atoms with E-state index < -0.39 is 10.0 Å². The molecule has 126 valence electrons. The summed E-state index contributed by atoms with van der Waals surface area (Å²) in [6.45, 7) is 0.495. The number of sulfonamides is 1. The monoisotopic (exact) mass is 357 g/mol. The molecule has 0 bridgehead atoms. The maximum absolute atomic E-state index is 12.5. The van der Waals surface area contributed by atoms with E-state index in [2.05, 4.69) is 4.72 Å². The highest BCUT2D eigenvalue weighted by molar-refractivity contribution is 7.91. The molecule has 0 spiro atoms. The fourth-order valence-corrected chi connectivity index (χ4v) is 4.37. The van der Waals surface area contributed by atoms with Gasteiger partial charge in [-0.15, -0.1) is 11.3 Å². The summed E-state index contributed by atoms with van der Waals surface area (Å²) in [5, 5.41) is 1.73. The van der Waals surface area contributed by atoms with Gasteiger partial charge in [0.05, 0.1) is 13.7 Å². The zero-order chi connectivity index (χ0) is 16.7. The molecule has 1 aromatic heterocycles. The molecule has 8 heteroatoms. The minimum absolute atomic E-state index is 0.118. The van der Waals surface area contributed by atoms with Gasteiger partial charge in [-0.3, -0.25) is 0 Å². The first kappa shape index (κ1) is 17.9. The van der Waals surface area contributed by atoms with Crippen molar-refractivity contribution in [1.29, 1.82) is 0 Å². The van der Waals surface area contributed by atoms with Crippen molar-refractivity contribution >= 4 is 21.4 Å². The van der Waals surface area contributed by atoms with E-state index in [1.807, 2.05) is 18.2 Å². The van der Waals surface area contributed by atoms with E-state index in [1.54, 1.807) is 24.6 Å². The van der Waals surface area contributed by atoms with Crippen LogP contribution in [0.1, 0.15) is 11.1 Å². The van der Waals surface area contributed by atoms with Gasteiger partial charge >= 0.3 is 0 Å². The van der Waals surface area contributed by atoms with E-state index in [9.17, 15) is 8.42 Å². The van der Waals surface area contributed by atoms with Crippen LogP contribution in [0.5, 0.6) is 5.75 Å². The Morgan fingerprint density at radius 1 is 1.22 bits per heavy atom. The van der Waals surface area contributed by atoms with Gasteiger partial charge in [0.25, 0.3) is 10.0 Å². The average molecular weight is 357 g/mol. The van der Waals surface area contributed by atoms with Crippen molar-refractivity contribution in [1.82, 2.24) is 4.72 Å². The summed E-state index contributed by atoms with van der Waals surface area (Å²) < 4.78 is 42.9. The van der Waals surface area contributed by atoms with Gasteiger partial charge in [-0.05, 0) is 29.1 Å². The van der Waals surface area contributed by atoms with Gasteiger partial charge in [-0.2, -0.15) is 0 Å². The van der Waals surface area contributed by atoms with Crippen molar-refractivity contribution < 1.29 is 22.6 Å². The minimum atomic E-state index is -3.60. The maximum Gasteiger partial charge on any atom is 0.250 e. The van der Waals surface area contributed by atoms with Crippen molar-refractivity contribution in [3.63, 3.8) is 0 Å². The maximum atomic E-state index is 12.5. The molecular formula is C15H19NO5S2. The van der Waals surface area contributed by atoms with Crippen LogP contribution in [-0.4, -0.2) is 29.4 Å². The van der Waals surface area contributed by atoms with Gasteiger partial charge in [0.2, 0.25) is 0 Å². The van der Waals surface area contributed by atoms with Crippen LogP contribution in [0.15, 0.2) is 39.9 Å². The normalized spacial score (nSPS) is 11.6. The number of ether oxygens (including phenoxy) is 3. The summed E-state index contributed by atoms with van der Waals surface area (Å²) in [6.07, 6.45) is 0. The molecule has 1 heterocycles. The zero-order valence-corrected chi connectivity index (χ0v) is 14.6. The molecule has 2 rings (SSSR count). The number of hydrogen-bond donors (Lipinski definition) is 1. The number of hydrogen-bond acceptors (Lipinski definition) is 6. The Hall–Kier alpha value is -1.45. The Labute approximate surface area is 140 Å². The Balaban J connectivity index is 2.05. The van der Waals surface area contributed by atoms with E-state index in [0.717, 1.165) is 16.9 Å². The quantitative estimate of drug-likeness (QED) is 0.551. The third-order valence-electron chi connectivity index (χ3n) is 3.01. The van der Waals surface area contributed by atoms with Crippen molar-refractivity contribution in [3.05, 3.63) is 46.8 Å². The molecule has 1 N–H and O–H groups in total. The molecule has 1 aromatic carbocycles. The Bertz CT molecular complexity index is 727. The predicted molar refractivity (Wildman–Crippen MR) is 88.0 cm³/mol. The predicted octanol–water partition coefficient (Wildman–Crippen LogP) is 2.36. The van der Waals surface area contributed by atoms with Crippen LogP contribution in [0.4, 0.5) is 0 Å². The second-order valence-corrected chi connectivity index (χ2v) is 7.54. The molecule has 0 radical (unpaired) electrons. The molecule has 0 amide bonds. The summed E-state index contributed by atoms with van der Waals surface area (Å²) >= 11 is 1.16. The van der Waals surface area contributed by atoms with Crippen molar-refractivity contribution in [2.75, 3.05) is 21.0 Å². The van der Waals surface area contributed by atoms with Crippen molar-refractivity contribution in [2.24, 2.45) is 0 Å². The molecule has 0 aliphatic heterocycles. The smallest absolute Gasteiger partial charge is 0.250 e. The number of thiophene rings is 1. The van der Waals surface area contributed by atoms with Crippen LogP contribution >= 0.6 is 11.3 Å². The van der Waals surface area contributed by atoms with Crippen LogP contribution in [0.2, 0.25) is 0 Å². The molecule has 0 fully saturated rings. The van der Waals surface area contributed by atoms with Gasteiger partial charge < -0.3 is 14.2 Å². The highest BCUT2D eigenvalue weighted by Gasteiger charge is 2.20. The molecule has 0 unspecified atom stereocenters. The second-order valence-electron chi connectivity index (χ2n) is 4.66. The first-order valence-corrected chi connectivity index (χ1v) is 9.18.